The van der Waals surface area contributed by atoms with Gasteiger partial charge in [0.15, 0.2) is 18.1 Å². The van der Waals surface area contributed by atoms with E-state index >= 15 is 0 Å². The third kappa shape index (κ3) is 6.13. The van der Waals surface area contributed by atoms with E-state index in [0.717, 1.165) is 16.7 Å². The molecule has 27 heavy (non-hydrogen) atoms. The zero-order valence-corrected chi connectivity index (χ0v) is 15.6. The van der Waals surface area contributed by atoms with Crippen molar-refractivity contribution in [3.05, 3.63) is 53.1 Å². The number of halogens is 2. The second kappa shape index (κ2) is 9.75. The molecule has 2 aromatic carbocycles. The van der Waals surface area contributed by atoms with Gasteiger partial charge in [0.05, 0.1) is 7.11 Å². The quantitative estimate of drug-likeness (QED) is 0.723. The zero-order chi connectivity index (χ0) is 19.8. The summed E-state index contributed by atoms with van der Waals surface area (Å²) in [6.07, 6.45) is 0.514. The van der Waals surface area contributed by atoms with Crippen molar-refractivity contribution in [1.29, 1.82) is 0 Å². The Hall–Kier alpha value is -2.83. The minimum Gasteiger partial charge on any atom is -0.493 e. The molecule has 5 nitrogen and oxygen atoms in total. The van der Waals surface area contributed by atoms with Crippen LogP contribution in [-0.2, 0) is 11.2 Å². The second-order valence-electron chi connectivity index (χ2n) is 5.97. The van der Waals surface area contributed by atoms with Crippen LogP contribution in [0.5, 0.6) is 17.2 Å². The number of amides is 1. The molecule has 0 saturated heterocycles. The Balaban J connectivity index is 1.82. The lowest BCUT2D eigenvalue weighted by Crippen LogP contribution is -2.30. The van der Waals surface area contributed by atoms with Gasteiger partial charge in [-0.15, -0.1) is 0 Å². The normalized spacial score (nSPS) is 10.6. The van der Waals surface area contributed by atoms with E-state index in [0.29, 0.717) is 18.7 Å². The maximum atomic E-state index is 12.3. The maximum absolute atomic E-state index is 12.3. The number of benzene rings is 2. The van der Waals surface area contributed by atoms with Gasteiger partial charge in [0.1, 0.15) is 5.75 Å². The first-order chi connectivity index (χ1) is 12.9. The fourth-order valence-electron chi connectivity index (χ4n) is 2.62. The highest BCUT2D eigenvalue weighted by Gasteiger charge is 2.11. The molecule has 1 N–H and O–H groups in total. The van der Waals surface area contributed by atoms with Crippen molar-refractivity contribution in [2.45, 2.75) is 26.9 Å². The SMILES string of the molecule is COc1cc(CCNC(=O)COc2c(C)cccc2C)ccc1OC(F)F. The Bertz CT molecular complexity index is 760. The van der Waals surface area contributed by atoms with E-state index < -0.39 is 6.61 Å². The molecule has 0 unspecified atom stereocenters. The van der Waals surface area contributed by atoms with E-state index in [1.807, 2.05) is 32.0 Å². The molecule has 0 heterocycles. The summed E-state index contributed by atoms with van der Waals surface area (Å²) >= 11 is 0. The van der Waals surface area contributed by atoms with Crippen molar-refractivity contribution in [2.24, 2.45) is 0 Å². The van der Waals surface area contributed by atoms with Gasteiger partial charge in [-0.1, -0.05) is 24.3 Å². The summed E-state index contributed by atoms with van der Waals surface area (Å²) in [5.41, 5.74) is 2.77. The van der Waals surface area contributed by atoms with Crippen molar-refractivity contribution in [2.75, 3.05) is 20.3 Å². The number of ether oxygens (including phenoxy) is 3. The van der Waals surface area contributed by atoms with E-state index in [2.05, 4.69) is 10.1 Å². The molecular weight excluding hydrogens is 356 g/mol. The number of rotatable bonds is 9. The Morgan fingerprint density at radius 1 is 1.11 bits per heavy atom. The number of carbonyl (C=O) groups is 1. The number of hydrogen-bond acceptors (Lipinski definition) is 4. The van der Waals surface area contributed by atoms with Crippen LogP contribution in [0.25, 0.3) is 0 Å². The second-order valence-corrected chi connectivity index (χ2v) is 5.97. The Kier molecular flexibility index (Phi) is 7.40. The first-order valence-corrected chi connectivity index (χ1v) is 8.48. The van der Waals surface area contributed by atoms with Crippen molar-refractivity contribution in [3.8, 4) is 17.2 Å². The van der Waals surface area contributed by atoms with Crippen molar-refractivity contribution in [1.82, 2.24) is 5.32 Å². The van der Waals surface area contributed by atoms with Gasteiger partial charge in [0, 0.05) is 6.54 Å². The monoisotopic (exact) mass is 379 g/mol. The van der Waals surface area contributed by atoms with Crippen LogP contribution in [-0.4, -0.2) is 32.8 Å². The fourth-order valence-corrected chi connectivity index (χ4v) is 2.62. The average Bonchev–Trinajstić information content (AvgIpc) is 2.62. The van der Waals surface area contributed by atoms with Crippen LogP contribution in [0.3, 0.4) is 0 Å². The average molecular weight is 379 g/mol. The topological polar surface area (TPSA) is 56.8 Å². The first-order valence-electron chi connectivity index (χ1n) is 8.48. The molecule has 2 rings (SSSR count). The number of nitrogens with one attached hydrogen (secondary N) is 1. The molecule has 0 bridgehead atoms. The van der Waals surface area contributed by atoms with Gasteiger partial charge >= 0.3 is 6.61 Å². The summed E-state index contributed by atoms with van der Waals surface area (Å²) in [7, 11) is 1.38. The van der Waals surface area contributed by atoms with Gasteiger partial charge in [-0.05, 0) is 49.1 Å². The molecule has 7 heteroatoms. The van der Waals surface area contributed by atoms with Gasteiger partial charge in [0.25, 0.3) is 5.91 Å². The van der Waals surface area contributed by atoms with Crippen LogP contribution in [0.1, 0.15) is 16.7 Å². The smallest absolute Gasteiger partial charge is 0.387 e. The molecule has 0 atom stereocenters. The number of carbonyl (C=O) groups excluding carboxylic acids is 1. The van der Waals surface area contributed by atoms with Gasteiger partial charge < -0.3 is 19.5 Å². The molecule has 0 fully saturated rings. The largest absolute Gasteiger partial charge is 0.493 e. The van der Waals surface area contributed by atoms with Crippen molar-refractivity contribution >= 4 is 5.91 Å². The fraction of sp³-hybridized carbons (Fsp3) is 0.350. The third-order valence-corrected chi connectivity index (χ3v) is 3.94. The van der Waals surface area contributed by atoms with E-state index in [1.54, 1.807) is 12.1 Å². The summed E-state index contributed by atoms with van der Waals surface area (Å²) in [4.78, 5) is 12.0. The van der Waals surface area contributed by atoms with Gasteiger partial charge in [-0.25, -0.2) is 0 Å². The summed E-state index contributed by atoms with van der Waals surface area (Å²) in [5.74, 6) is 0.675. The Labute approximate surface area is 157 Å². The minimum atomic E-state index is -2.92. The van der Waals surface area contributed by atoms with Crippen LogP contribution in [0.2, 0.25) is 0 Å². The van der Waals surface area contributed by atoms with Crippen molar-refractivity contribution in [3.63, 3.8) is 0 Å². The molecule has 1 amide bonds. The van der Waals surface area contributed by atoms with Gasteiger partial charge in [-0.2, -0.15) is 8.78 Å². The van der Waals surface area contributed by atoms with Crippen LogP contribution >= 0.6 is 0 Å². The summed E-state index contributed by atoms with van der Waals surface area (Å²) in [5, 5.41) is 2.77. The Morgan fingerprint density at radius 2 is 1.81 bits per heavy atom. The molecule has 0 aromatic heterocycles. The molecule has 0 aliphatic heterocycles. The van der Waals surface area contributed by atoms with Crippen LogP contribution < -0.4 is 19.5 Å². The maximum Gasteiger partial charge on any atom is 0.387 e. The van der Waals surface area contributed by atoms with Crippen LogP contribution in [0.15, 0.2) is 36.4 Å². The molecule has 146 valence electrons. The van der Waals surface area contributed by atoms with Crippen LogP contribution in [0.4, 0.5) is 8.78 Å². The number of para-hydroxylation sites is 1. The zero-order valence-electron chi connectivity index (χ0n) is 15.6. The molecule has 0 spiro atoms. The number of methoxy groups -OCH3 is 1. The highest BCUT2D eigenvalue weighted by Crippen LogP contribution is 2.29. The first kappa shape index (κ1) is 20.5. The van der Waals surface area contributed by atoms with Crippen molar-refractivity contribution < 1.29 is 27.8 Å². The number of alkyl halides is 2. The molecule has 0 aliphatic rings. The molecule has 0 aliphatic carbocycles. The highest BCUT2D eigenvalue weighted by molar-refractivity contribution is 5.77. The van der Waals surface area contributed by atoms with Gasteiger partial charge in [0.2, 0.25) is 0 Å². The van der Waals surface area contributed by atoms with Crippen LogP contribution in [0, 0.1) is 13.8 Å². The van der Waals surface area contributed by atoms with E-state index in [-0.39, 0.29) is 24.0 Å². The number of aryl methyl sites for hydroxylation is 2. The highest BCUT2D eigenvalue weighted by atomic mass is 19.3. The lowest BCUT2D eigenvalue weighted by molar-refractivity contribution is -0.123. The third-order valence-electron chi connectivity index (χ3n) is 3.94. The molecule has 2 aromatic rings. The minimum absolute atomic E-state index is 0.0257. The summed E-state index contributed by atoms with van der Waals surface area (Å²) < 4.78 is 39.7. The number of hydrogen-bond donors (Lipinski definition) is 1. The predicted octanol–water partition coefficient (Wildman–Crippen LogP) is 3.65. The van der Waals surface area contributed by atoms with E-state index in [4.69, 9.17) is 9.47 Å². The standard InChI is InChI=1S/C20H23F2NO4/c1-13-5-4-6-14(2)19(13)26-12-18(24)23-10-9-15-7-8-16(27-20(21)22)17(11-15)25-3/h4-8,11,20H,9-10,12H2,1-3H3,(H,23,24). The summed E-state index contributed by atoms with van der Waals surface area (Å²) in [6.45, 7) is 1.24. The predicted molar refractivity (Wildman–Crippen MR) is 97.8 cm³/mol. The summed E-state index contributed by atoms with van der Waals surface area (Å²) in [6, 6.07) is 10.5. The van der Waals surface area contributed by atoms with E-state index in [1.165, 1.54) is 13.2 Å². The molecular formula is C20H23F2NO4. The Morgan fingerprint density at radius 3 is 2.44 bits per heavy atom. The lowest BCUT2D eigenvalue weighted by atomic mass is 10.1. The lowest BCUT2D eigenvalue weighted by Gasteiger charge is -2.13. The van der Waals surface area contributed by atoms with Gasteiger partial charge in [-0.3, -0.25) is 4.79 Å². The molecule has 0 radical (unpaired) electrons. The van der Waals surface area contributed by atoms with E-state index in [9.17, 15) is 13.6 Å². The molecule has 0 saturated carbocycles.